The third-order valence-corrected chi connectivity index (χ3v) is 4.44. The van der Waals surface area contributed by atoms with Gasteiger partial charge >= 0.3 is 6.09 Å². The molecule has 0 radical (unpaired) electrons. The molecule has 0 spiro atoms. The molecular formula is C21H33N5O4. The Labute approximate surface area is 178 Å². The number of hydrogen-bond donors (Lipinski definition) is 1. The molecule has 0 bridgehead atoms. The summed E-state index contributed by atoms with van der Waals surface area (Å²) in [6, 6.07) is 7.43. The van der Waals surface area contributed by atoms with Crippen LogP contribution < -0.4 is 10.5 Å². The predicted molar refractivity (Wildman–Crippen MR) is 115 cm³/mol. The molecule has 30 heavy (non-hydrogen) atoms. The summed E-state index contributed by atoms with van der Waals surface area (Å²) in [5, 5.41) is 0. The summed E-state index contributed by atoms with van der Waals surface area (Å²) >= 11 is 0. The zero-order valence-corrected chi connectivity index (χ0v) is 18.6. The molecule has 9 nitrogen and oxygen atoms in total. The van der Waals surface area contributed by atoms with E-state index in [4.69, 9.17) is 15.2 Å². The number of piperazine rings is 1. The Morgan fingerprint density at radius 3 is 2.37 bits per heavy atom. The van der Waals surface area contributed by atoms with Gasteiger partial charge in [-0.1, -0.05) is 12.1 Å². The minimum absolute atomic E-state index is 0.0101. The number of guanidine groups is 1. The molecule has 0 aromatic heterocycles. The number of benzene rings is 1. The maximum Gasteiger partial charge on any atom is 0.410 e. The van der Waals surface area contributed by atoms with Crippen molar-refractivity contribution >= 4 is 18.0 Å². The van der Waals surface area contributed by atoms with Crippen LogP contribution in [0.3, 0.4) is 0 Å². The second kappa shape index (κ2) is 10.2. The lowest BCUT2D eigenvalue weighted by Gasteiger charge is -2.36. The van der Waals surface area contributed by atoms with Gasteiger partial charge < -0.3 is 29.9 Å². The molecule has 2 amide bonds. The van der Waals surface area contributed by atoms with Crippen molar-refractivity contribution in [3.8, 4) is 5.75 Å². The average Bonchev–Trinajstić information content (AvgIpc) is 2.69. The van der Waals surface area contributed by atoms with Crippen molar-refractivity contribution < 1.29 is 19.1 Å². The first-order valence-electron chi connectivity index (χ1n) is 10.00. The molecule has 166 valence electrons. The maximum absolute atomic E-state index is 12.2. The standard InChI is InChI=1S/C21H33N5O4/c1-21(2,3)30-20(28)26-11-9-25(10-12-26)19(22)23-14-16-7-6-8-17(13-16)29-15-18(27)24(4)5/h6-8,13H,9-12,14-15H2,1-5H3,(H2,22,23). The quantitative estimate of drug-likeness (QED) is 0.574. The number of nitrogens with two attached hydrogens (primary N) is 1. The molecule has 2 rings (SSSR count). The third kappa shape index (κ3) is 7.46. The highest BCUT2D eigenvalue weighted by Gasteiger charge is 2.26. The molecule has 1 aromatic carbocycles. The highest BCUT2D eigenvalue weighted by Crippen LogP contribution is 2.15. The van der Waals surface area contributed by atoms with Crippen LogP contribution >= 0.6 is 0 Å². The molecule has 0 saturated carbocycles. The number of hydrogen-bond acceptors (Lipinski definition) is 5. The van der Waals surface area contributed by atoms with Gasteiger partial charge in [-0.15, -0.1) is 0 Å². The van der Waals surface area contributed by atoms with Crippen LogP contribution in [0, 0.1) is 0 Å². The second-order valence-electron chi connectivity index (χ2n) is 8.35. The van der Waals surface area contributed by atoms with Gasteiger partial charge in [-0.2, -0.15) is 0 Å². The van der Waals surface area contributed by atoms with E-state index < -0.39 is 5.60 Å². The molecule has 1 saturated heterocycles. The Morgan fingerprint density at radius 2 is 1.77 bits per heavy atom. The number of carbonyl (C=O) groups is 2. The molecule has 1 aromatic rings. The first-order valence-corrected chi connectivity index (χ1v) is 10.00. The van der Waals surface area contributed by atoms with Crippen LogP contribution in [0.4, 0.5) is 4.79 Å². The van der Waals surface area contributed by atoms with Gasteiger partial charge in [0, 0.05) is 40.3 Å². The monoisotopic (exact) mass is 419 g/mol. The average molecular weight is 420 g/mol. The van der Waals surface area contributed by atoms with E-state index in [1.54, 1.807) is 25.1 Å². The fraction of sp³-hybridized carbons (Fsp3) is 0.571. The van der Waals surface area contributed by atoms with Crippen molar-refractivity contribution in [2.24, 2.45) is 10.7 Å². The molecule has 2 N–H and O–H groups in total. The van der Waals surface area contributed by atoms with Crippen molar-refractivity contribution in [2.45, 2.75) is 32.9 Å². The van der Waals surface area contributed by atoms with E-state index in [9.17, 15) is 9.59 Å². The Kier molecular flexibility index (Phi) is 7.91. The van der Waals surface area contributed by atoms with E-state index in [0.29, 0.717) is 44.4 Å². The van der Waals surface area contributed by atoms with E-state index in [1.807, 2.05) is 43.9 Å². The fourth-order valence-electron chi connectivity index (χ4n) is 2.72. The molecular weight excluding hydrogens is 386 g/mol. The van der Waals surface area contributed by atoms with Crippen LogP contribution in [0.15, 0.2) is 29.3 Å². The molecule has 9 heteroatoms. The van der Waals surface area contributed by atoms with Crippen molar-refractivity contribution in [3.63, 3.8) is 0 Å². The Bertz CT molecular complexity index is 765. The first-order chi connectivity index (χ1) is 14.0. The zero-order valence-electron chi connectivity index (χ0n) is 18.6. The summed E-state index contributed by atoms with van der Waals surface area (Å²) < 4.78 is 10.9. The minimum atomic E-state index is -0.507. The number of carbonyl (C=O) groups excluding carboxylic acids is 2. The molecule has 1 heterocycles. The summed E-state index contributed by atoms with van der Waals surface area (Å²) in [7, 11) is 3.37. The van der Waals surface area contributed by atoms with Crippen molar-refractivity contribution in [1.82, 2.24) is 14.7 Å². The highest BCUT2D eigenvalue weighted by molar-refractivity contribution is 5.78. The van der Waals surface area contributed by atoms with Gasteiger partial charge in [0.15, 0.2) is 12.6 Å². The summed E-state index contributed by atoms with van der Waals surface area (Å²) in [6.45, 7) is 8.22. The number of ether oxygens (including phenoxy) is 2. The van der Waals surface area contributed by atoms with Crippen LogP contribution in [0.5, 0.6) is 5.75 Å². The summed E-state index contributed by atoms with van der Waals surface area (Å²) in [5.74, 6) is 0.948. The summed E-state index contributed by atoms with van der Waals surface area (Å²) in [6.07, 6.45) is -0.303. The van der Waals surface area contributed by atoms with Crippen molar-refractivity contribution in [1.29, 1.82) is 0 Å². The van der Waals surface area contributed by atoms with Crippen LogP contribution in [-0.2, 0) is 16.1 Å². The van der Waals surface area contributed by atoms with Gasteiger partial charge in [0.25, 0.3) is 5.91 Å². The van der Waals surface area contributed by atoms with Crippen molar-refractivity contribution in [2.75, 3.05) is 46.9 Å². The molecule has 1 aliphatic rings. The summed E-state index contributed by atoms with van der Waals surface area (Å²) in [5.41, 5.74) is 6.57. The Hall–Kier alpha value is -2.97. The second-order valence-corrected chi connectivity index (χ2v) is 8.35. The van der Waals surface area contributed by atoms with E-state index in [2.05, 4.69) is 4.99 Å². The molecule has 1 fully saturated rings. The van der Waals surface area contributed by atoms with Gasteiger partial charge in [0.05, 0.1) is 6.54 Å². The molecule has 1 aliphatic heterocycles. The lowest BCUT2D eigenvalue weighted by Crippen LogP contribution is -2.53. The summed E-state index contributed by atoms with van der Waals surface area (Å²) in [4.78, 5) is 33.4. The minimum Gasteiger partial charge on any atom is -0.484 e. The molecule has 0 atom stereocenters. The third-order valence-electron chi connectivity index (χ3n) is 4.44. The number of amides is 2. The smallest absolute Gasteiger partial charge is 0.410 e. The predicted octanol–water partition coefficient (Wildman–Crippen LogP) is 1.52. The fourth-order valence-corrected chi connectivity index (χ4v) is 2.72. The normalized spacial score (nSPS) is 15.0. The molecule has 0 aliphatic carbocycles. The van der Waals surface area contributed by atoms with E-state index in [-0.39, 0.29) is 18.6 Å². The number of likely N-dealkylation sites (N-methyl/N-ethyl adjacent to an activating group) is 1. The van der Waals surface area contributed by atoms with Gasteiger partial charge in [0.2, 0.25) is 0 Å². The van der Waals surface area contributed by atoms with E-state index in [1.165, 1.54) is 4.90 Å². The largest absolute Gasteiger partial charge is 0.484 e. The van der Waals surface area contributed by atoms with E-state index >= 15 is 0 Å². The lowest BCUT2D eigenvalue weighted by atomic mass is 10.2. The Morgan fingerprint density at radius 1 is 1.13 bits per heavy atom. The Balaban J connectivity index is 1.85. The first kappa shape index (κ1) is 23.3. The van der Waals surface area contributed by atoms with Gasteiger partial charge in [0.1, 0.15) is 11.4 Å². The number of aliphatic imine (C=N–C) groups is 1. The van der Waals surface area contributed by atoms with Crippen LogP contribution in [0.1, 0.15) is 26.3 Å². The van der Waals surface area contributed by atoms with E-state index in [0.717, 1.165) is 5.56 Å². The van der Waals surface area contributed by atoms with Crippen LogP contribution in [0.25, 0.3) is 0 Å². The van der Waals surface area contributed by atoms with Gasteiger partial charge in [-0.05, 0) is 38.5 Å². The molecule has 0 unspecified atom stereocenters. The topological polar surface area (TPSA) is 101 Å². The van der Waals surface area contributed by atoms with Crippen LogP contribution in [0.2, 0.25) is 0 Å². The van der Waals surface area contributed by atoms with Crippen molar-refractivity contribution in [3.05, 3.63) is 29.8 Å². The number of nitrogens with zero attached hydrogens (tertiary/aromatic N) is 4. The van der Waals surface area contributed by atoms with Gasteiger partial charge in [-0.3, -0.25) is 4.79 Å². The van der Waals surface area contributed by atoms with Crippen LogP contribution in [-0.4, -0.2) is 85.1 Å². The number of rotatable bonds is 5. The van der Waals surface area contributed by atoms with Gasteiger partial charge in [-0.25, -0.2) is 9.79 Å². The lowest BCUT2D eigenvalue weighted by molar-refractivity contribution is -0.130. The SMILES string of the molecule is CN(C)C(=O)COc1cccc(CN=C(N)N2CCN(C(=O)OC(C)(C)C)CC2)c1. The highest BCUT2D eigenvalue weighted by atomic mass is 16.6. The maximum atomic E-state index is 12.2. The zero-order chi connectivity index (χ0) is 22.3.